The summed E-state index contributed by atoms with van der Waals surface area (Å²) in [6.45, 7) is 3.29. The van der Waals surface area contributed by atoms with E-state index in [1.54, 1.807) is 14.2 Å². The Balaban J connectivity index is 1.20. The van der Waals surface area contributed by atoms with Crippen molar-refractivity contribution in [3.8, 4) is 5.75 Å². The smallest absolute Gasteiger partial charge is 0.159 e. The third-order valence-electron chi connectivity index (χ3n) is 9.33. The maximum atomic E-state index is 6.69. The number of hydrogen-bond acceptors (Lipinski definition) is 5. The highest BCUT2D eigenvalue weighted by atomic mass is 16.7. The highest BCUT2D eigenvalue weighted by Gasteiger charge is 2.38. The van der Waals surface area contributed by atoms with Crippen LogP contribution in [0.5, 0.6) is 5.75 Å². The molecule has 0 amide bonds. The number of fused-ring (bicyclic) bond motifs is 1. The zero-order valence-electron chi connectivity index (χ0n) is 24.0. The number of hydrogen-bond donors (Lipinski definition) is 0. The van der Waals surface area contributed by atoms with Gasteiger partial charge in [0, 0.05) is 44.8 Å². The molecule has 6 rings (SSSR count). The van der Waals surface area contributed by atoms with Gasteiger partial charge in [-0.2, -0.15) is 0 Å². The van der Waals surface area contributed by atoms with Gasteiger partial charge in [-0.05, 0) is 78.1 Å². The van der Waals surface area contributed by atoms with Gasteiger partial charge in [-0.3, -0.25) is 0 Å². The molecule has 0 bridgehead atoms. The number of nitrogens with zero attached hydrogens (tertiary/aromatic N) is 1. The zero-order chi connectivity index (χ0) is 27.3. The van der Waals surface area contributed by atoms with Crippen LogP contribution in [-0.2, 0) is 27.4 Å². The summed E-state index contributed by atoms with van der Waals surface area (Å²) in [4.78, 5) is 2.50. The third kappa shape index (κ3) is 5.93. The van der Waals surface area contributed by atoms with Crippen LogP contribution in [0, 0.1) is 11.8 Å². The van der Waals surface area contributed by atoms with Gasteiger partial charge >= 0.3 is 0 Å². The van der Waals surface area contributed by atoms with Gasteiger partial charge in [0.05, 0.1) is 12.7 Å². The maximum absolute atomic E-state index is 6.69. The summed E-state index contributed by atoms with van der Waals surface area (Å²) in [6, 6.07) is 26.3. The van der Waals surface area contributed by atoms with Crippen molar-refractivity contribution in [3.05, 3.63) is 95.1 Å². The molecule has 0 spiro atoms. The molecule has 5 nitrogen and oxygen atoms in total. The lowest BCUT2D eigenvalue weighted by Gasteiger charge is -2.38. The van der Waals surface area contributed by atoms with E-state index in [9.17, 15) is 0 Å². The van der Waals surface area contributed by atoms with E-state index in [0.717, 1.165) is 31.7 Å². The average Bonchev–Trinajstić information content (AvgIpc) is 3.56. The van der Waals surface area contributed by atoms with Gasteiger partial charge in [-0.15, -0.1) is 0 Å². The van der Waals surface area contributed by atoms with Crippen molar-refractivity contribution < 1.29 is 18.9 Å². The second kappa shape index (κ2) is 12.8. The molecule has 0 N–H and O–H groups in total. The summed E-state index contributed by atoms with van der Waals surface area (Å²) in [5.74, 6) is 2.24. The van der Waals surface area contributed by atoms with Gasteiger partial charge in [0.2, 0.25) is 0 Å². The predicted octanol–water partition coefficient (Wildman–Crippen LogP) is 7.32. The van der Waals surface area contributed by atoms with Gasteiger partial charge in [-0.1, -0.05) is 61.4 Å². The second-order valence-corrected chi connectivity index (χ2v) is 11.7. The van der Waals surface area contributed by atoms with E-state index in [2.05, 4.69) is 71.6 Å². The molecule has 3 aromatic carbocycles. The molecule has 2 aliphatic heterocycles. The second-order valence-electron chi connectivity index (χ2n) is 11.7. The number of ether oxygens (including phenoxy) is 4. The van der Waals surface area contributed by atoms with Crippen molar-refractivity contribution in [1.29, 1.82) is 0 Å². The molecule has 0 aromatic heterocycles. The lowest BCUT2D eigenvalue weighted by atomic mass is 9.77. The highest BCUT2D eigenvalue weighted by Crippen LogP contribution is 2.45. The van der Waals surface area contributed by atoms with E-state index in [1.165, 1.54) is 53.6 Å². The van der Waals surface area contributed by atoms with Crippen LogP contribution in [-0.4, -0.2) is 39.7 Å². The van der Waals surface area contributed by atoms with Gasteiger partial charge in [-0.25, -0.2) is 0 Å². The number of anilines is 1. The first-order valence-electron chi connectivity index (χ1n) is 15.0. The fourth-order valence-corrected chi connectivity index (χ4v) is 7.17. The van der Waals surface area contributed by atoms with E-state index in [4.69, 9.17) is 18.9 Å². The van der Waals surface area contributed by atoms with E-state index in [-0.39, 0.29) is 18.3 Å². The first-order chi connectivity index (χ1) is 19.7. The highest BCUT2D eigenvalue weighted by molar-refractivity contribution is 5.51. The van der Waals surface area contributed by atoms with Crippen molar-refractivity contribution in [2.75, 3.05) is 32.2 Å². The number of methoxy groups -OCH3 is 2. The number of benzene rings is 3. The van der Waals surface area contributed by atoms with Gasteiger partial charge < -0.3 is 23.8 Å². The molecule has 3 aliphatic rings. The Kier molecular flexibility index (Phi) is 8.71. The predicted molar refractivity (Wildman–Crippen MR) is 159 cm³/mol. The van der Waals surface area contributed by atoms with Gasteiger partial charge in [0.15, 0.2) is 6.29 Å². The van der Waals surface area contributed by atoms with Crippen molar-refractivity contribution in [1.82, 2.24) is 0 Å². The van der Waals surface area contributed by atoms with Crippen molar-refractivity contribution in [3.63, 3.8) is 0 Å². The van der Waals surface area contributed by atoms with Crippen LogP contribution in [0.3, 0.4) is 0 Å². The first-order valence-corrected chi connectivity index (χ1v) is 15.0. The standard InChI is InChI=1S/C35H43NO4/c1-37-35(38-2)28-18-20-36(21-19-28)30-14-12-26(13-15-30)33-32-17-16-31(39-23-25-8-4-3-5-9-25)22-29(32)24-40-34(33)27-10-6-7-11-27/h3-5,8-9,12-17,22,27-28,33-35H,6-7,10-11,18-21,23-24H2,1-2H3. The molecular weight excluding hydrogens is 498 g/mol. The molecule has 1 saturated carbocycles. The fourth-order valence-electron chi connectivity index (χ4n) is 7.17. The van der Waals surface area contributed by atoms with Crippen molar-refractivity contribution in [2.45, 2.75) is 70.1 Å². The molecule has 212 valence electrons. The third-order valence-corrected chi connectivity index (χ3v) is 9.33. The van der Waals surface area contributed by atoms with Crippen LogP contribution in [0.2, 0.25) is 0 Å². The summed E-state index contributed by atoms with van der Waals surface area (Å²) >= 11 is 0. The minimum atomic E-state index is -0.104. The molecule has 2 fully saturated rings. The Morgan fingerprint density at radius 3 is 2.27 bits per heavy atom. The van der Waals surface area contributed by atoms with Crippen molar-refractivity contribution >= 4 is 5.69 Å². The molecule has 40 heavy (non-hydrogen) atoms. The summed E-state index contributed by atoms with van der Waals surface area (Å²) in [5, 5.41) is 0. The Labute approximate surface area is 239 Å². The van der Waals surface area contributed by atoms with E-state index >= 15 is 0 Å². The SMILES string of the molecule is COC(OC)C1CCN(c2ccc(C3c4ccc(OCc5ccccc5)cc4COC3C3CCCC3)cc2)CC1. The monoisotopic (exact) mass is 541 g/mol. The maximum Gasteiger partial charge on any atom is 0.159 e. The van der Waals surface area contributed by atoms with E-state index < -0.39 is 0 Å². The Morgan fingerprint density at radius 2 is 1.57 bits per heavy atom. The largest absolute Gasteiger partial charge is 0.489 e. The molecule has 1 saturated heterocycles. The normalized spacial score (nSPS) is 22.0. The van der Waals surface area contributed by atoms with Crippen LogP contribution < -0.4 is 9.64 Å². The molecular formula is C35H43NO4. The minimum absolute atomic E-state index is 0.104. The van der Waals surface area contributed by atoms with Gasteiger partial charge in [0.25, 0.3) is 0 Å². The molecule has 5 heteroatoms. The van der Waals surface area contributed by atoms with E-state index in [1.807, 2.05) is 6.07 Å². The number of rotatable bonds is 9. The Morgan fingerprint density at radius 1 is 0.850 bits per heavy atom. The lowest BCUT2D eigenvalue weighted by molar-refractivity contribution is -0.141. The summed E-state index contributed by atoms with van der Waals surface area (Å²) < 4.78 is 23.9. The Hall–Kier alpha value is -2.86. The zero-order valence-corrected chi connectivity index (χ0v) is 24.0. The van der Waals surface area contributed by atoms with Crippen LogP contribution in [0.4, 0.5) is 5.69 Å². The lowest BCUT2D eigenvalue weighted by Crippen LogP contribution is -2.39. The molecule has 2 atom stereocenters. The van der Waals surface area contributed by atoms with Crippen molar-refractivity contribution in [2.24, 2.45) is 11.8 Å². The van der Waals surface area contributed by atoms with Crippen LogP contribution >= 0.6 is 0 Å². The van der Waals surface area contributed by atoms with Crippen LogP contribution in [0.1, 0.15) is 66.7 Å². The quantitative estimate of drug-likeness (QED) is 0.266. The summed E-state index contributed by atoms with van der Waals surface area (Å²) in [5.41, 5.74) is 6.48. The first kappa shape index (κ1) is 27.3. The van der Waals surface area contributed by atoms with Gasteiger partial charge in [0.1, 0.15) is 12.4 Å². The topological polar surface area (TPSA) is 40.2 Å². The summed E-state index contributed by atoms with van der Waals surface area (Å²) in [6.07, 6.45) is 7.46. The van der Waals surface area contributed by atoms with E-state index in [0.29, 0.717) is 25.0 Å². The summed E-state index contributed by atoms with van der Waals surface area (Å²) in [7, 11) is 3.48. The molecule has 0 radical (unpaired) electrons. The molecule has 1 aliphatic carbocycles. The molecule has 3 aromatic rings. The molecule has 2 heterocycles. The number of piperidine rings is 1. The fraction of sp³-hybridized carbons (Fsp3) is 0.486. The molecule has 2 unspecified atom stereocenters. The average molecular weight is 542 g/mol. The van der Waals surface area contributed by atoms with Crippen LogP contribution in [0.15, 0.2) is 72.8 Å². The van der Waals surface area contributed by atoms with Crippen LogP contribution in [0.25, 0.3) is 0 Å². The minimum Gasteiger partial charge on any atom is -0.489 e. The Bertz CT molecular complexity index is 1210.